The molecule has 0 saturated carbocycles. The molecule has 5 nitrogen and oxygen atoms in total. The minimum Gasteiger partial charge on any atom is -0.457 e. The lowest BCUT2D eigenvalue weighted by Crippen LogP contribution is -2.34. The van der Waals surface area contributed by atoms with Gasteiger partial charge in [-0.15, -0.1) is 0 Å². The van der Waals surface area contributed by atoms with E-state index in [-0.39, 0.29) is 24.6 Å². The summed E-state index contributed by atoms with van der Waals surface area (Å²) in [7, 11) is 0. The van der Waals surface area contributed by atoms with Crippen LogP contribution in [0.3, 0.4) is 0 Å². The van der Waals surface area contributed by atoms with Crippen molar-refractivity contribution < 1.29 is 24.1 Å². The van der Waals surface area contributed by atoms with Crippen LogP contribution in [0.5, 0.6) is 0 Å². The molecule has 0 aliphatic carbocycles. The van der Waals surface area contributed by atoms with Gasteiger partial charge >= 0.3 is 5.97 Å². The van der Waals surface area contributed by atoms with Gasteiger partial charge in [-0.05, 0) is 6.42 Å². The van der Waals surface area contributed by atoms with Gasteiger partial charge in [0.1, 0.15) is 18.3 Å². The molecule has 0 aromatic rings. The molecule has 0 bridgehead atoms. The lowest BCUT2D eigenvalue weighted by Gasteiger charge is -2.16. The molecule has 2 aliphatic heterocycles. The number of unbranched alkanes of at least 4 members (excludes halogenated alkanes) is 6. The van der Waals surface area contributed by atoms with E-state index in [1.807, 2.05) is 0 Å². The van der Waals surface area contributed by atoms with E-state index in [4.69, 9.17) is 14.2 Å². The largest absolute Gasteiger partial charge is 0.457 e. The van der Waals surface area contributed by atoms with E-state index in [2.05, 4.69) is 6.92 Å². The van der Waals surface area contributed by atoms with Crippen molar-refractivity contribution in [3.05, 3.63) is 0 Å². The second-order valence-electron chi connectivity index (χ2n) is 6.06. The summed E-state index contributed by atoms with van der Waals surface area (Å²) >= 11 is 0. The molecule has 2 heterocycles. The van der Waals surface area contributed by atoms with Gasteiger partial charge in [-0.1, -0.05) is 45.4 Å². The summed E-state index contributed by atoms with van der Waals surface area (Å²) in [5.41, 5.74) is 0. The number of hydrogen-bond acceptors (Lipinski definition) is 5. The molecular weight excluding hydrogens is 272 g/mol. The van der Waals surface area contributed by atoms with Crippen molar-refractivity contribution in [2.24, 2.45) is 0 Å². The van der Waals surface area contributed by atoms with Gasteiger partial charge in [0.25, 0.3) is 0 Å². The number of aliphatic hydroxyl groups excluding tert-OH is 1. The average Bonchev–Trinajstić information content (AvgIpc) is 2.96. The number of ether oxygens (including phenoxy) is 3. The summed E-state index contributed by atoms with van der Waals surface area (Å²) < 4.78 is 16.3. The third kappa shape index (κ3) is 4.94. The Morgan fingerprint density at radius 1 is 1.19 bits per heavy atom. The van der Waals surface area contributed by atoms with Crippen molar-refractivity contribution in [1.82, 2.24) is 0 Å². The quantitative estimate of drug-likeness (QED) is 0.495. The Morgan fingerprint density at radius 2 is 1.90 bits per heavy atom. The minimum atomic E-state index is -0.754. The Kier molecular flexibility index (Phi) is 6.93. The molecule has 2 rings (SSSR count). The van der Waals surface area contributed by atoms with Crippen LogP contribution >= 0.6 is 0 Å². The van der Waals surface area contributed by atoms with Crippen molar-refractivity contribution in [2.45, 2.75) is 82.7 Å². The van der Waals surface area contributed by atoms with Crippen LogP contribution in [0.1, 0.15) is 58.3 Å². The summed E-state index contributed by atoms with van der Waals surface area (Å²) in [6, 6.07) is 0. The molecule has 5 heteroatoms. The van der Waals surface area contributed by atoms with E-state index in [0.717, 1.165) is 6.42 Å². The van der Waals surface area contributed by atoms with Crippen LogP contribution in [-0.2, 0) is 19.0 Å². The first kappa shape index (κ1) is 16.7. The Morgan fingerprint density at radius 3 is 2.62 bits per heavy atom. The standard InChI is InChI=1S/C16H28O5/c1-2-3-4-5-6-7-8-9-19-11-13-15(18)16-12(20-13)10-14(17)21-16/h12-13,15-16,18H,2-11H2,1H3/t12-,13-,15+,16+/m1/s1. The van der Waals surface area contributed by atoms with Crippen LogP contribution in [-0.4, -0.2) is 48.7 Å². The third-order valence-electron chi connectivity index (χ3n) is 4.24. The molecule has 1 N–H and O–H groups in total. The fourth-order valence-corrected chi connectivity index (χ4v) is 2.99. The number of fused-ring (bicyclic) bond motifs is 1. The molecule has 0 spiro atoms. The molecule has 2 saturated heterocycles. The number of esters is 1. The number of carbonyl (C=O) groups is 1. The second kappa shape index (κ2) is 8.71. The highest BCUT2D eigenvalue weighted by atomic mass is 16.6. The number of aliphatic hydroxyl groups is 1. The Hall–Kier alpha value is -0.650. The van der Waals surface area contributed by atoms with E-state index in [9.17, 15) is 9.90 Å². The summed E-state index contributed by atoms with van der Waals surface area (Å²) in [5, 5.41) is 10.0. The molecule has 0 unspecified atom stereocenters. The van der Waals surface area contributed by atoms with Crippen LogP contribution in [0.4, 0.5) is 0 Å². The molecular formula is C16H28O5. The Bertz CT molecular complexity index is 320. The van der Waals surface area contributed by atoms with Crippen LogP contribution in [0.25, 0.3) is 0 Å². The summed E-state index contributed by atoms with van der Waals surface area (Å²) in [5.74, 6) is -0.286. The second-order valence-corrected chi connectivity index (χ2v) is 6.06. The molecule has 0 aromatic carbocycles. The zero-order valence-electron chi connectivity index (χ0n) is 13.0. The van der Waals surface area contributed by atoms with Crippen molar-refractivity contribution in [3.63, 3.8) is 0 Å². The first-order chi connectivity index (χ1) is 10.2. The summed E-state index contributed by atoms with van der Waals surface area (Å²) in [6.45, 7) is 3.31. The number of hydrogen-bond donors (Lipinski definition) is 1. The highest BCUT2D eigenvalue weighted by molar-refractivity contribution is 5.72. The normalized spacial score (nSPS) is 31.4. The monoisotopic (exact) mass is 300 g/mol. The highest BCUT2D eigenvalue weighted by Gasteiger charge is 2.50. The zero-order chi connectivity index (χ0) is 15.1. The zero-order valence-corrected chi connectivity index (χ0v) is 13.0. The predicted octanol–water partition coefficient (Wildman–Crippen LogP) is 2.20. The van der Waals surface area contributed by atoms with Crippen molar-refractivity contribution >= 4 is 5.97 Å². The van der Waals surface area contributed by atoms with Gasteiger partial charge in [-0.2, -0.15) is 0 Å². The lowest BCUT2D eigenvalue weighted by atomic mass is 10.1. The molecule has 0 aromatic heterocycles. The topological polar surface area (TPSA) is 65.0 Å². The van der Waals surface area contributed by atoms with Gasteiger partial charge in [-0.3, -0.25) is 4.79 Å². The van der Waals surface area contributed by atoms with Gasteiger partial charge < -0.3 is 19.3 Å². The molecule has 0 amide bonds. The molecule has 2 fully saturated rings. The first-order valence-electron chi connectivity index (χ1n) is 8.33. The summed E-state index contributed by atoms with van der Waals surface area (Å²) in [6.07, 6.45) is 7.12. The van der Waals surface area contributed by atoms with Gasteiger partial charge in [0.05, 0.1) is 13.0 Å². The molecule has 2 aliphatic rings. The maximum absolute atomic E-state index is 11.1. The van der Waals surface area contributed by atoms with Gasteiger partial charge in [0.2, 0.25) is 0 Å². The number of rotatable bonds is 10. The van der Waals surface area contributed by atoms with Crippen molar-refractivity contribution in [2.75, 3.05) is 13.2 Å². The average molecular weight is 300 g/mol. The van der Waals surface area contributed by atoms with Crippen molar-refractivity contribution in [3.8, 4) is 0 Å². The van der Waals surface area contributed by atoms with Gasteiger partial charge in [-0.25, -0.2) is 0 Å². The minimum absolute atomic E-state index is 0.246. The van der Waals surface area contributed by atoms with E-state index in [1.54, 1.807) is 0 Å². The van der Waals surface area contributed by atoms with E-state index in [0.29, 0.717) is 13.2 Å². The maximum Gasteiger partial charge on any atom is 0.309 e. The molecule has 4 atom stereocenters. The first-order valence-corrected chi connectivity index (χ1v) is 8.33. The molecule has 21 heavy (non-hydrogen) atoms. The maximum atomic E-state index is 11.1. The van der Waals surface area contributed by atoms with Crippen molar-refractivity contribution in [1.29, 1.82) is 0 Å². The summed E-state index contributed by atoms with van der Waals surface area (Å²) in [4.78, 5) is 11.1. The van der Waals surface area contributed by atoms with Gasteiger partial charge in [0.15, 0.2) is 6.10 Å². The smallest absolute Gasteiger partial charge is 0.309 e. The molecule has 122 valence electrons. The fourth-order valence-electron chi connectivity index (χ4n) is 2.99. The van der Waals surface area contributed by atoms with Crippen LogP contribution in [0, 0.1) is 0 Å². The lowest BCUT2D eigenvalue weighted by molar-refractivity contribution is -0.146. The predicted molar refractivity (Wildman–Crippen MR) is 78.0 cm³/mol. The Labute approximate surface area is 126 Å². The van der Waals surface area contributed by atoms with Gasteiger partial charge in [0, 0.05) is 6.61 Å². The Balaban J connectivity index is 1.48. The van der Waals surface area contributed by atoms with E-state index in [1.165, 1.54) is 38.5 Å². The number of carbonyl (C=O) groups excluding carboxylic acids is 1. The van der Waals surface area contributed by atoms with Crippen LogP contribution in [0.15, 0.2) is 0 Å². The van der Waals surface area contributed by atoms with Crippen LogP contribution in [0.2, 0.25) is 0 Å². The third-order valence-corrected chi connectivity index (χ3v) is 4.24. The highest BCUT2D eigenvalue weighted by Crippen LogP contribution is 2.31. The van der Waals surface area contributed by atoms with E-state index < -0.39 is 12.2 Å². The molecule has 0 radical (unpaired) electrons. The van der Waals surface area contributed by atoms with E-state index >= 15 is 0 Å². The van der Waals surface area contributed by atoms with Crippen LogP contribution < -0.4 is 0 Å². The fraction of sp³-hybridized carbons (Fsp3) is 0.938. The SMILES string of the molecule is CCCCCCCCCOC[C@H]1O[C@@H]2CC(=O)O[C@@H]2[C@H]1O.